The maximum Gasteiger partial charge on any atom is 0.251 e. The summed E-state index contributed by atoms with van der Waals surface area (Å²) in [6.07, 6.45) is 0. The summed E-state index contributed by atoms with van der Waals surface area (Å²) in [6, 6.07) is 16.6. The molecule has 0 saturated heterocycles. The molecule has 0 atom stereocenters. The van der Waals surface area contributed by atoms with Crippen molar-refractivity contribution < 1.29 is 29.7 Å². The van der Waals surface area contributed by atoms with E-state index in [2.05, 4.69) is 38.0 Å². The number of hydrogen-bond acceptors (Lipinski definition) is 13. The van der Waals surface area contributed by atoms with Crippen LogP contribution in [0.15, 0.2) is 54.6 Å². The molecule has 16 nitrogen and oxygen atoms in total. The first kappa shape index (κ1) is 41.5. The molecule has 0 spiro atoms. The number of amides is 2. The first-order valence-corrected chi connectivity index (χ1v) is 17.1. The zero-order valence-corrected chi connectivity index (χ0v) is 30.2. The van der Waals surface area contributed by atoms with E-state index in [1.807, 2.05) is 73.5 Å². The highest BCUT2D eigenvalue weighted by Gasteiger charge is 2.33. The molecular formula is C36H52N10O6. The molecule has 0 radical (unpaired) electrons. The van der Waals surface area contributed by atoms with Crippen molar-refractivity contribution >= 4 is 34.2 Å². The van der Waals surface area contributed by atoms with Crippen LogP contribution in [0.4, 0.5) is 5.69 Å². The summed E-state index contributed by atoms with van der Waals surface area (Å²) in [5.74, 6) is 4.05. The maximum absolute atomic E-state index is 13.5. The summed E-state index contributed by atoms with van der Waals surface area (Å²) in [5.41, 5.74) is 13.2. The van der Waals surface area contributed by atoms with Crippen LogP contribution in [0.25, 0.3) is 22.2 Å². The van der Waals surface area contributed by atoms with Gasteiger partial charge in [0.1, 0.15) is 11.4 Å². The third kappa shape index (κ3) is 11.5. The van der Waals surface area contributed by atoms with Gasteiger partial charge in [-0.1, -0.05) is 24.3 Å². The number of aliphatic hydroxyl groups is 2. The van der Waals surface area contributed by atoms with E-state index in [-0.39, 0.29) is 48.2 Å². The van der Waals surface area contributed by atoms with E-state index in [4.69, 9.17) is 15.3 Å². The van der Waals surface area contributed by atoms with E-state index in [9.17, 15) is 19.5 Å². The summed E-state index contributed by atoms with van der Waals surface area (Å²) < 4.78 is 1.86. The van der Waals surface area contributed by atoms with E-state index in [0.29, 0.717) is 67.3 Å². The number of ketones is 1. The van der Waals surface area contributed by atoms with Gasteiger partial charge in [-0.2, -0.15) is 5.10 Å². The number of benzene rings is 3. The van der Waals surface area contributed by atoms with Crippen LogP contribution in [-0.4, -0.2) is 102 Å². The SMILES string of the molecule is CC(=O)NN.CNNCc1ccc(C(=O)NC(C)C)cc1.O=C1c2c(O)cccc2-c2nn(CCNCCO)c3ccc(NCCNCCO)c1c23. The van der Waals surface area contributed by atoms with Gasteiger partial charge in [0.2, 0.25) is 5.91 Å². The average molecular weight is 721 g/mol. The van der Waals surface area contributed by atoms with Gasteiger partial charge < -0.3 is 36.6 Å². The fourth-order valence-corrected chi connectivity index (χ4v) is 5.30. The lowest BCUT2D eigenvalue weighted by Gasteiger charge is -2.19. The number of aromatic nitrogens is 2. The van der Waals surface area contributed by atoms with Gasteiger partial charge in [-0.05, 0) is 56.8 Å². The second-order valence-electron chi connectivity index (χ2n) is 12.0. The summed E-state index contributed by atoms with van der Waals surface area (Å²) in [6.45, 7) is 9.55. The van der Waals surface area contributed by atoms with E-state index < -0.39 is 0 Å². The van der Waals surface area contributed by atoms with Gasteiger partial charge in [-0.3, -0.25) is 35.3 Å². The second kappa shape index (κ2) is 21.4. The minimum atomic E-state index is -0.227. The molecule has 282 valence electrons. The van der Waals surface area contributed by atoms with Crippen LogP contribution in [0.3, 0.4) is 0 Å². The number of aromatic hydroxyl groups is 1. The molecule has 3 aromatic carbocycles. The van der Waals surface area contributed by atoms with E-state index in [0.717, 1.165) is 23.0 Å². The zero-order chi connectivity index (χ0) is 38.0. The highest BCUT2D eigenvalue weighted by atomic mass is 16.3. The molecule has 0 saturated carbocycles. The minimum Gasteiger partial charge on any atom is -0.507 e. The van der Waals surface area contributed by atoms with Gasteiger partial charge >= 0.3 is 0 Å². The molecule has 0 fully saturated rings. The summed E-state index contributed by atoms with van der Waals surface area (Å²) in [7, 11) is 1.82. The smallest absolute Gasteiger partial charge is 0.251 e. The number of phenolic OH excluding ortho intramolecular Hbond substituents is 1. The normalized spacial score (nSPS) is 11.3. The van der Waals surface area contributed by atoms with E-state index >= 15 is 0 Å². The molecule has 12 N–H and O–H groups in total. The van der Waals surface area contributed by atoms with Gasteiger partial charge in [-0.25, -0.2) is 5.84 Å². The number of aliphatic hydroxyl groups excluding tert-OH is 2. The number of fused-ring (bicyclic) bond motifs is 2. The topological polar surface area (TPSA) is 240 Å². The number of carbonyl (C=O) groups is 3. The maximum atomic E-state index is 13.5. The fraction of sp³-hybridized carbons (Fsp3) is 0.389. The molecule has 16 heteroatoms. The molecule has 2 amide bonds. The van der Waals surface area contributed by atoms with Crippen LogP contribution in [0.5, 0.6) is 5.75 Å². The summed E-state index contributed by atoms with van der Waals surface area (Å²) in [5, 5.41) is 46.3. The van der Waals surface area contributed by atoms with Crippen molar-refractivity contribution in [2.45, 2.75) is 39.9 Å². The second-order valence-corrected chi connectivity index (χ2v) is 12.0. The quantitative estimate of drug-likeness (QED) is 0.0290. The number of nitrogens with two attached hydrogens (primary N) is 1. The number of anilines is 1. The first-order valence-electron chi connectivity index (χ1n) is 17.1. The number of nitrogens with zero attached hydrogens (tertiary/aromatic N) is 2. The number of phenols is 1. The average Bonchev–Trinajstić information content (AvgIpc) is 3.50. The van der Waals surface area contributed by atoms with Crippen LogP contribution in [0.1, 0.15) is 52.6 Å². The van der Waals surface area contributed by atoms with Gasteiger partial charge in [0.25, 0.3) is 5.91 Å². The molecule has 1 aliphatic carbocycles. The highest BCUT2D eigenvalue weighted by Crippen LogP contribution is 2.44. The highest BCUT2D eigenvalue weighted by molar-refractivity contribution is 6.28. The third-order valence-corrected chi connectivity index (χ3v) is 7.67. The van der Waals surface area contributed by atoms with E-state index in [1.165, 1.54) is 13.0 Å². The van der Waals surface area contributed by atoms with Crippen molar-refractivity contribution in [2.24, 2.45) is 5.84 Å². The Labute approximate surface area is 303 Å². The van der Waals surface area contributed by atoms with Crippen LogP contribution in [0, 0.1) is 0 Å². The van der Waals surface area contributed by atoms with Crippen LogP contribution >= 0.6 is 0 Å². The van der Waals surface area contributed by atoms with Gasteiger partial charge in [0.05, 0.1) is 36.4 Å². The molecule has 52 heavy (non-hydrogen) atoms. The molecule has 1 aromatic heterocycles. The lowest BCUT2D eigenvalue weighted by atomic mass is 9.86. The zero-order valence-electron chi connectivity index (χ0n) is 30.2. The Morgan fingerprint density at radius 2 is 1.58 bits per heavy atom. The summed E-state index contributed by atoms with van der Waals surface area (Å²) >= 11 is 0. The lowest BCUT2D eigenvalue weighted by Crippen LogP contribution is -2.30. The predicted molar refractivity (Wildman–Crippen MR) is 202 cm³/mol. The molecule has 0 aliphatic heterocycles. The molecule has 4 aromatic rings. The van der Waals surface area contributed by atoms with Gasteiger partial charge in [-0.15, -0.1) is 0 Å². The van der Waals surface area contributed by atoms with Crippen molar-refractivity contribution in [1.82, 2.24) is 42.0 Å². The van der Waals surface area contributed by atoms with Crippen molar-refractivity contribution in [3.8, 4) is 17.0 Å². The molecule has 0 bridgehead atoms. The Kier molecular flexibility index (Phi) is 17.1. The number of hydrogen-bond donors (Lipinski definition) is 11. The van der Waals surface area contributed by atoms with Crippen molar-refractivity contribution in [3.05, 3.63) is 76.9 Å². The third-order valence-electron chi connectivity index (χ3n) is 7.67. The number of carbonyl (C=O) groups excluding carboxylic acids is 3. The standard InChI is InChI=1S/C22H27N5O4.C12H19N3O.C2H6N2O/c28-12-9-23-6-7-25-15-4-5-16-20-19(15)22(31)18-14(2-1-3-17(18)30)21(20)26-27(16)11-8-24-10-13-29;1-9(2)15-12(16)11-6-4-10(5-7-11)8-14-13-3;1-2(5)4-3/h1-5,23-25,28-30H,6-13H2;4-7,9,13-14H,8H2,1-3H3,(H,15,16);3H2,1H3,(H,4,5). The molecular weight excluding hydrogens is 668 g/mol. The molecule has 0 unspecified atom stereocenters. The summed E-state index contributed by atoms with van der Waals surface area (Å²) in [4.78, 5) is 34.7. The van der Waals surface area contributed by atoms with Crippen molar-refractivity contribution in [3.63, 3.8) is 0 Å². The van der Waals surface area contributed by atoms with Crippen LogP contribution in [0.2, 0.25) is 0 Å². The Hall–Kier alpha value is -4.94. The Balaban J connectivity index is 0.000000290. The van der Waals surface area contributed by atoms with Crippen molar-refractivity contribution in [1.29, 1.82) is 0 Å². The molecule has 5 rings (SSSR count). The van der Waals surface area contributed by atoms with Crippen LogP contribution < -0.4 is 43.4 Å². The van der Waals surface area contributed by atoms with E-state index in [1.54, 1.807) is 6.07 Å². The minimum absolute atomic E-state index is 0.0249. The lowest BCUT2D eigenvalue weighted by molar-refractivity contribution is -0.119. The monoisotopic (exact) mass is 720 g/mol. The van der Waals surface area contributed by atoms with Crippen molar-refractivity contribution in [2.75, 3.05) is 58.3 Å². The van der Waals surface area contributed by atoms with Gasteiger partial charge in [0, 0.05) is 74.4 Å². The Bertz CT molecular complexity index is 1760. The fourth-order valence-electron chi connectivity index (χ4n) is 5.30. The number of hydrazine groups is 2. The molecule has 1 heterocycles. The number of rotatable bonds is 16. The molecule has 1 aliphatic rings. The Morgan fingerprint density at radius 1 is 0.904 bits per heavy atom. The predicted octanol–water partition coefficient (Wildman–Crippen LogP) is 0.574. The number of nitrogens with one attached hydrogen (secondary N) is 7. The van der Waals surface area contributed by atoms with Crippen LogP contribution in [-0.2, 0) is 17.9 Å². The first-order chi connectivity index (χ1) is 25.1. The van der Waals surface area contributed by atoms with Gasteiger partial charge in [0.15, 0.2) is 5.78 Å². The Morgan fingerprint density at radius 3 is 2.19 bits per heavy atom. The largest absolute Gasteiger partial charge is 0.507 e.